The Morgan fingerprint density at radius 3 is 2.23 bits per heavy atom. The van der Waals surface area contributed by atoms with E-state index in [0.29, 0.717) is 32.8 Å². The molecule has 2 saturated heterocycles. The molecule has 0 aliphatic carbocycles. The molecule has 3 rings (SSSR count). The summed E-state index contributed by atoms with van der Waals surface area (Å²) >= 11 is 0. The Bertz CT molecular complexity index is 820. The van der Waals surface area contributed by atoms with Crippen LogP contribution >= 0.6 is 0 Å². The largest absolute Gasteiger partial charge is 0.377 e. The Labute approximate surface area is 178 Å². The lowest BCUT2D eigenvalue weighted by atomic mass is 10.1. The normalized spacial score (nSPS) is 20.9. The van der Waals surface area contributed by atoms with E-state index >= 15 is 0 Å². The number of amides is 2. The Morgan fingerprint density at radius 1 is 0.967 bits per heavy atom. The van der Waals surface area contributed by atoms with Gasteiger partial charge in [-0.1, -0.05) is 18.2 Å². The zero-order chi connectivity index (χ0) is 21.6. The molecule has 1 aromatic rings. The number of hydrogen-bond acceptors (Lipinski definition) is 5. The molecular formula is C21H31N3O5S. The van der Waals surface area contributed by atoms with Crippen LogP contribution in [0.4, 0.5) is 0 Å². The lowest BCUT2D eigenvalue weighted by molar-refractivity contribution is -0.139. The lowest BCUT2D eigenvalue weighted by Crippen LogP contribution is -2.50. The van der Waals surface area contributed by atoms with Gasteiger partial charge in [0.05, 0.1) is 11.0 Å². The van der Waals surface area contributed by atoms with E-state index in [1.165, 1.54) is 4.31 Å². The highest BCUT2D eigenvalue weighted by atomic mass is 32.2. The van der Waals surface area contributed by atoms with Gasteiger partial charge in [-0.15, -0.1) is 0 Å². The summed E-state index contributed by atoms with van der Waals surface area (Å²) in [6, 6.07) is 8.33. The topological polar surface area (TPSA) is 87.2 Å². The molecule has 2 amide bonds. The number of nitrogens with zero attached hydrogens (tertiary/aromatic N) is 3. The van der Waals surface area contributed by atoms with E-state index < -0.39 is 10.0 Å². The van der Waals surface area contributed by atoms with Crippen molar-refractivity contribution in [3.8, 4) is 0 Å². The van der Waals surface area contributed by atoms with Gasteiger partial charge in [0, 0.05) is 58.7 Å². The summed E-state index contributed by atoms with van der Waals surface area (Å²) < 4.78 is 32.4. The molecule has 1 atom stereocenters. The standard InChI is InChI=1S/C21H31N3O5S/c1-2-29-18-7-6-12-23(17-18)21(26)11-10-20(25)22-13-15-24(16-14-22)30(27,28)19-8-4-3-5-9-19/h3-5,8-9,18H,2,6-7,10-17H2,1H3. The molecule has 2 heterocycles. The van der Waals surface area contributed by atoms with Crippen molar-refractivity contribution in [1.82, 2.24) is 14.1 Å². The van der Waals surface area contributed by atoms with Crippen molar-refractivity contribution >= 4 is 21.8 Å². The molecule has 0 saturated carbocycles. The minimum absolute atomic E-state index is 0.0157. The summed E-state index contributed by atoms with van der Waals surface area (Å²) in [5.41, 5.74) is 0. The summed E-state index contributed by atoms with van der Waals surface area (Å²) in [4.78, 5) is 28.7. The molecule has 2 aliphatic heterocycles. The Hall–Kier alpha value is -1.97. The number of ether oxygens (including phenoxy) is 1. The fourth-order valence-corrected chi connectivity index (χ4v) is 5.43. The first-order valence-corrected chi connectivity index (χ1v) is 12.1. The zero-order valence-corrected chi connectivity index (χ0v) is 18.3. The van der Waals surface area contributed by atoms with Crippen LogP contribution in [-0.4, -0.2) is 86.3 Å². The van der Waals surface area contributed by atoms with E-state index in [4.69, 9.17) is 4.74 Å². The first kappa shape index (κ1) is 22.7. The van der Waals surface area contributed by atoms with E-state index in [2.05, 4.69) is 0 Å². The number of piperidine rings is 1. The summed E-state index contributed by atoms with van der Waals surface area (Å²) in [6.45, 7) is 5.10. The lowest BCUT2D eigenvalue weighted by Gasteiger charge is -2.34. The molecular weight excluding hydrogens is 406 g/mol. The van der Waals surface area contributed by atoms with Crippen LogP contribution < -0.4 is 0 Å². The van der Waals surface area contributed by atoms with E-state index in [9.17, 15) is 18.0 Å². The first-order valence-electron chi connectivity index (χ1n) is 10.6. The maximum atomic E-state index is 12.7. The van der Waals surface area contributed by atoms with Crippen LogP contribution in [0.2, 0.25) is 0 Å². The van der Waals surface area contributed by atoms with Crippen molar-refractivity contribution in [2.24, 2.45) is 0 Å². The van der Waals surface area contributed by atoms with Gasteiger partial charge in [0.2, 0.25) is 21.8 Å². The van der Waals surface area contributed by atoms with Crippen molar-refractivity contribution in [3.05, 3.63) is 30.3 Å². The average Bonchev–Trinajstić information content (AvgIpc) is 2.78. The molecule has 1 aromatic carbocycles. The third-order valence-corrected chi connectivity index (χ3v) is 7.57. The highest BCUT2D eigenvalue weighted by Gasteiger charge is 2.30. The van der Waals surface area contributed by atoms with Gasteiger partial charge in [-0.2, -0.15) is 4.31 Å². The summed E-state index contributed by atoms with van der Waals surface area (Å²) in [5.74, 6) is -0.114. The minimum atomic E-state index is -3.54. The predicted octanol–water partition coefficient (Wildman–Crippen LogP) is 1.33. The summed E-state index contributed by atoms with van der Waals surface area (Å²) in [5, 5.41) is 0. The smallest absolute Gasteiger partial charge is 0.243 e. The monoisotopic (exact) mass is 437 g/mol. The van der Waals surface area contributed by atoms with Gasteiger partial charge < -0.3 is 14.5 Å². The summed E-state index contributed by atoms with van der Waals surface area (Å²) in [7, 11) is -3.54. The number of benzene rings is 1. The molecule has 0 aromatic heterocycles. The number of carbonyl (C=O) groups excluding carboxylic acids is 2. The second-order valence-corrected chi connectivity index (χ2v) is 9.60. The fourth-order valence-electron chi connectivity index (χ4n) is 3.99. The van der Waals surface area contributed by atoms with Crippen LogP contribution in [0.25, 0.3) is 0 Å². The predicted molar refractivity (Wildman–Crippen MR) is 112 cm³/mol. The number of likely N-dealkylation sites (tertiary alicyclic amines) is 1. The molecule has 30 heavy (non-hydrogen) atoms. The van der Waals surface area contributed by atoms with E-state index in [0.717, 1.165) is 12.8 Å². The molecule has 2 aliphatic rings. The van der Waals surface area contributed by atoms with Crippen LogP contribution in [0.3, 0.4) is 0 Å². The van der Waals surface area contributed by atoms with Gasteiger partial charge in [0.25, 0.3) is 0 Å². The number of carbonyl (C=O) groups is 2. The highest BCUT2D eigenvalue weighted by molar-refractivity contribution is 7.89. The molecule has 0 N–H and O–H groups in total. The van der Waals surface area contributed by atoms with Gasteiger partial charge >= 0.3 is 0 Å². The molecule has 2 fully saturated rings. The third-order valence-electron chi connectivity index (χ3n) is 5.66. The van der Waals surface area contributed by atoms with Gasteiger partial charge in [-0.25, -0.2) is 8.42 Å². The quantitative estimate of drug-likeness (QED) is 0.642. The van der Waals surface area contributed by atoms with Crippen molar-refractivity contribution in [1.29, 1.82) is 0 Å². The Morgan fingerprint density at radius 2 is 1.60 bits per heavy atom. The van der Waals surface area contributed by atoms with Gasteiger partial charge in [-0.3, -0.25) is 9.59 Å². The number of piperazine rings is 1. The van der Waals surface area contributed by atoms with Crippen LogP contribution in [0.1, 0.15) is 32.6 Å². The van der Waals surface area contributed by atoms with Crippen LogP contribution in [0.5, 0.6) is 0 Å². The van der Waals surface area contributed by atoms with Crippen LogP contribution in [-0.2, 0) is 24.3 Å². The molecule has 0 spiro atoms. The van der Waals surface area contributed by atoms with Crippen molar-refractivity contribution in [2.45, 2.75) is 43.6 Å². The zero-order valence-electron chi connectivity index (χ0n) is 17.5. The molecule has 0 radical (unpaired) electrons. The fraction of sp³-hybridized carbons (Fsp3) is 0.619. The SMILES string of the molecule is CCOC1CCCN(C(=O)CCC(=O)N2CCN(S(=O)(=O)c3ccccc3)CC2)C1. The summed E-state index contributed by atoms with van der Waals surface area (Å²) in [6.07, 6.45) is 2.30. The molecule has 8 nitrogen and oxygen atoms in total. The molecule has 1 unspecified atom stereocenters. The van der Waals surface area contributed by atoms with E-state index in [1.54, 1.807) is 40.1 Å². The van der Waals surface area contributed by atoms with Gasteiger partial charge in [0.1, 0.15) is 0 Å². The highest BCUT2D eigenvalue weighted by Crippen LogP contribution is 2.18. The van der Waals surface area contributed by atoms with E-state index in [1.807, 2.05) is 6.92 Å². The maximum Gasteiger partial charge on any atom is 0.243 e. The Kier molecular flexibility index (Phi) is 7.85. The van der Waals surface area contributed by atoms with Crippen molar-refractivity contribution in [3.63, 3.8) is 0 Å². The molecule has 0 bridgehead atoms. The minimum Gasteiger partial charge on any atom is -0.377 e. The first-order chi connectivity index (χ1) is 14.4. The number of rotatable bonds is 7. The van der Waals surface area contributed by atoms with Crippen LogP contribution in [0, 0.1) is 0 Å². The van der Waals surface area contributed by atoms with Gasteiger partial charge in [-0.05, 0) is 31.9 Å². The Balaban J connectivity index is 1.45. The van der Waals surface area contributed by atoms with Crippen molar-refractivity contribution in [2.75, 3.05) is 45.9 Å². The van der Waals surface area contributed by atoms with Crippen molar-refractivity contribution < 1.29 is 22.7 Å². The molecule has 166 valence electrons. The third kappa shape index (κ3) is 5.59. The van der Waals surface area contributed by atoms with Gasteiger partial charge in [0.15, 0.2) is 0 Å². The second kappa shape index (κ2) is 10.4. The van der Waals surface area contributed by atoms with E-state index in [-0.39, 0.29) is 48.7 Å². The van der Waals surface area contributed by atoms with Crippen LogP contribution in [0.15, 0.2) is 35.2 Å². The second-order valence-electron chi connectivity index (χ2n) is 7.66. The molecule has 9 heteroatoms. The number of hydrogen-bond donors (Lipinski definition) is 0. The average molecular weight is 438 g/mol. The number of sulfonamides is 1. The maximum absolute atomic E-state index is 12.7.